The van der Waals surface area contributed by atoms with Crippen LogP contribution in [0, 0.1) is 5.82 Å². The van der Waals surface area contributed by atoms with Crippen LogP contribution in [0.1, 0.15) is 0 Å². The largest absolute Gasteiger partial charge is 0.358 e. The van der Waals surface area contributed by atoms with Crippen LogP contribution in [0.3, 0.4) is 0 Å². The van der Waals surface area contributed by atoms with Crippen LogP contribution in [0.5, 0.6) is 0 Å². The van der Waals surface area contributed by atoms with Gasteiger partial charge in [-0.25, -0.2) is 4.39 Å². The molecule has 0 amide bonds. The highest BCUT2D eigenvalue weighted by Crippen LogP contribution is 2.22. The Morgan fingerprint density at radius 1 is 1.58 bits per heavy atom. The highest BCUT2D eigenvalue weighted by molar-refractivity contribution is 9.10. The maximum absolute atomic E-state index is 13.1. The molecule has 0 spiro atoms. The number of alkyl halides is 1. The van der Waals surface area contributed by atoms with E-state index in [-0.39, 0.29) is 11.8 Å². The molecule has 0 unspecified atom stereocenters. The first-order chi connectivity index (χ1) is 5.65. The molecule has 0 aliphatic rings. The lowest BCUT2D eigenvalue weighted by Crippen LogP contribution is -2.15. The summed E-state index contributed by atoms with van der Waals surface area (Å²) in [7, 11) is 1.73. The molecule has 0 N–H and O–H groups in total. The van der Waals surface area contributed by atoms with E-state index in [9.17, 15) is 4.39 Å². The van der Waals surface area contributed by atoms with Crippen molar-refractivity contribution in [3.63, 3.8) is 0 Å². The fraction of sp³-hybridized carbons (Fsp3) is 0.250. The number of rotatable bonds is 2. The third kappa shape index (κ3) is 2.11. The third-order valence-corrected chi connectivity index (χ3v) is 2.35. The zero-order valence-corrected chi connectivity index (χ0v) is 8.86. The van der Waals surface area contributed by atoms with Crippen LogP contribution >= 0.6 is 27.5 Å². The maximum Gasteiger partial charge on any atom is 0.146 e. The summed E-state index contributed by atoms with van der Waals surface area (Å²) in [6.45, 7) is 0. The number of halogens is 3. The molecule has 1 nitrogen and oxygen atoms in total. The molecule has 0 radical (unpaired) electrons. The standard InChI is InChI=1S/C8H8BrClFN/c1-12(5-10)8-4-6(9)2-3-7(8)11/h2-4H,5H2,1H3. The summed E-state index contributed by atoms with van der Waals surface area (Å²) >= 11 is 8.81. The van der Waals surface area contributed by atoms with Gasteiger partial charge in [-0.15, -0.1) is 11.6 Å². The van der Waals surface area contributed by atoms with Crippen LogP contribution in [0.4, 0.5) is 10.1 Å². The van der Waals surface area contributed by atoms with Crippen molar-refractivity contribution < 1.29 is 4.39 Å². The second-order valence-corrected chi connectivity index (χ2v) is 3.57. The Labute approximate surface area is 84.3 Å². The van der Waals surface area contributed by atoms with Crippen molar-refractivity contribution in [1.82, 2.24) is 0 Å². The summed E-state index contributed by atoms with van der Waals surface area (Å²) in [5.41, 5.74) is 0.499. The molecule has 1 aromatic carbocycles. The maximum atomic E-state index is 13.1. The molecule has 4 heteroatoms. The van der Waals surface area contributed by atoms with Gasteiger partial charge in [-0.05, 0) is 18.2 Å². The summed E-state index contributed by atoms with van der Waals surface area (Å²) in [4.78, 5) is 1.63. The third-order valence-electron chi connectivity index (χ3n) is 1.50. The number of hydrogen-bond donors (Lipinski definition) is 0. The minimum absolute atomic E-state index is 0.263. The smallest absolute Gasteiger partial charge is 0.146 e. The molecular formula is C8H8BrClFN. The SMILES string of the molecule is CN(CCl)c1cc(Br)ccc1F. The van der Waals surface area contributed by atoms with Crippen LogP contribution in [0.2, 0.25) is 0 Å². The lowest BCUT2D eigenvalue weighted by Gasteiger charge is -2.16. The predicted octanol–water partition coefficient (Wildman–Crippen LogP) is 3.22. The monoisotopic (exact) mass is 251 g/mol. The Hall–Kier alpha value is -0.280. The Kier molecular flexibility index (Phi) is 3.35. The van der Waals surface area contributed by atoms with Gasteiger partial charge in [0.15, 0.2) is 0 Å². The number of nitrogens with zero attached hydrogens (tertiary/aromatic N) is 1. The van der Waals surface area contributed by atoms with Crippen molar-refractivity contribution in [3.05, 3.63) is 28.5 Å². The second-order valence-electron chi connectivity index (χ2n) is 2.41. The van der Waals surface area contributed by atoms with Crippen LogP contribution < -0.4 is 4.90 Å². The number of benzene rings is 1. The second kappa shape index (κ2) is 4.10. The Bertz CT molecular complexity index is 280. The van der Waals surface area contributed by atoms with E-state index in [0.717, 1.165) is 4.47 Å². The first-order valence-electron chi connectivity index (χ1n) is 3.37. The van der Waals surface area contributed by atoms with Gasteiger partial charge in [0.05, 0.1) is 11.7 Å². The molecule has 1 rings (SSSR count). The zero-order chi connectivity index (χ0) is 9.14. The Morgan fingerprint density at radius 2 is 2.25 bits per heavy atom. The lowest BCUT2D eigenvalue weighted by molar-refractivity contribution is 0.625. The van der Waals surface area contributed by atoms with Crippen molar-refractivity contribution in [2.75, 3.05) is 18.0 Å². The van der Waals surface area contributed by atoms with Crippen molar-refractivity contribution in [2.45, 2.75) is 0 Å². The van der Waals surface area contributed by atoms with Gasteiger partial charge in [-0.3, -0.25) is 0 Å². The van der Waals surface area contributed by atoms with E-state index in [2.05, 4.69) is 15.9 Å². The first-order valence-corrected chi connectivity index (χ1v) is 4.70. The van der Waals surface area contributed by atoms with E-state index in [1.54, 1.807) is 24.1 Å². The van der Waals surface area contributed by atoms with Crippen molar-refractivity contribution >= 4 is 33.2 Å². The minimum atomic E-state index is -0.263. The Morgan fingerprint density at radius 3 is 2.83 bits per heavy atom. The van der Waals surface area contributed by atoms with Gasteiger partial charge in [-0.2, -0.15) is 0 Å². The fourth-order valence-corrected chi connectivity index (χ4v) is 1.32. The summed E-state index contributed by atoms with van der Waals surface area (Å²) < 4.78 is 13.9. The van der Waals surface area contributed by atoms with Crippen molar-refractivity contribution in [3.8, 4) is 0 Å². The van der Waals surface area contributed by atoms with Crippen molar-refractivity contribution in [1.29, 1.82) is 0 Å². The number of hydrogen-bond acceptors (Lipinski definition) is 1. The quantitative estimate of drug-likeness (QED) is 0.577. The highest BCUT2D eigenvalue weighted by Gasteiger charge is 2.05. The van der Waals surface area contributed by atoms with E-state index < -0.39 is 0 Å². The average Bonchev–Trinajstić information content (AvgIpc) is 2.08. The molecule has 0 aliphatic carbocycles. The van der Waals surface area contributed by atoms with Crippen LogP contribution in [0.15, 0.2) is 22.7 Å². The predicted molar refractivity (Wildman–Crippen MR) is 53.2 cm³/mol. The molecule has 12 heavy (non-hydrogen) atoms. The molecule has 0 saturated carbocycles. The number of anilines is 1. The Balaban J connectivity index is 3.04. The fourth-order valence-electron chi connectivity index (χ4n) is 0.843. The van der Waals surface area contributed by atoms with Gasteiger partial charge in [0.25, 0.3) is 0 Å². The van der Waals surface area contributed by atoms with Crippen LogP contribution in [-0.4, -0.2) is 13.1 Å². The van der Waals surface area contributed by atoms with Crippen molar-refractivity contribution in [2.24, 2.45) is 0 Å². The molecule has 0 bridgehead atoms. The average molecular weight is 253 g/mol. The summed E-state index contributed by atoms with van der Waals surface area (Å²) in [6, 6.07) is 5.02. The van der Waals surface area contributed by atoms with Gasteiger partial charge in [0, 0.05) is 11.5 Å². The molecule has 1 aromatic rings. The highest BCUT2D eigenvalue weighted by atomic mass is 79.9. The molecule has 0 aromatic heterocycles. The minimum Gasteiger partial charge on any atom is -0.358 e. The molecule has 0 saturated heterocycles. The van der Waals surface area contributed by atoms with E-state index in [4.69, 9.17) is 11.6 Å². The zero-order valence-electron chi connectivity index (χ0n) is 6.52. The van der Waals surface area contributed by atoms with E-state index in [1.807, 2.05) is 0 Å². The normalized spacial score (nSPS) is 10.0. The molecule has 66 valence electrons. The molecular weight excluding hydrogens is 244 g/mol. The van der Waals surface area contributed by atoms with Gasteiger partial charge < -0.3 is 4.90 Å². The summed E-state index contributed by atoms with van der Waals surface area (Å²) in [6.07, 6.45) is 0. The van der Waals surface area contributed by atoms with E-state index in [1.165, 1.54) is 6.07 Å². The molecule has 0 fully saturated rings. The molecule has 0 atom stereocenters. The van der Waals surface area contributed by atoms with Gasteiger partial charge in [-0.1, -0.05) is 15.9 Å². The van der Waals surface area contributed by atoms with Gasteiger partial charge in [0.1, 0.15) is 5.82 Å². The first kappa shape index (κ1) is 9.81. The van der Waals surface area contributed by atoms with Crippen LogP contribution in [-0.2, 0) is 0 Å². The van der Waals surface area contributed by atoms with E-state index >= 15 is 0 Å². The van der Waals surface area contributed by atoms with E-state index in [0.29, 0.717) is 5.69 Å². The summed E-state index contributed by atoms with van der Waals surface area (Å²) in [5, 5.41) is 0. The molecule has 0 heterocycles. The molecule has 0 aliphatic heterocycles. The topological polar surface area (TPSA) is 3.24 Å². The van der Waals surface area contributed by atoms with Crippen LogP contribution in [0.25, 0.3) is 0 Å². The van der Waals surface area contributed by atoms with Gasteiger partial charge in [0.2, 0.25) is 0 Å². The van der Waals surface area contributed by atoms with Gasteiger partial charge >= 0.3 is 0 Å². The lowest BCUT2D eigenvalue weighted by atomic mass is 10.3. The summed E-state index contributed by atoms with van der Waals surface area (Å²) in [5.74, 6) is -0.263.